The first kappa shape index (κ1) is 30.2. The van der Waals surface area contributed by atoms with Crippen LogP contribution in [0.4, 0.5) is 48.4 Å². The van der Waals surface area contributed by atoms with Crippen LogP contribution in [0.3, 0.4) is 0 Å². The molecule has 3 aromatic carbocycles. The second kappa shape index (κ2) is 12.2. The van der Waals surface area contributed by atoms with E-state index in [1.165, 1.54) is 0 Å². The summed E-state index contributed by atoms with van der Waals surface area (Å²) in [5, 5.41) is 0. The molecule has 0 aliphatic carbocycles. The zero-order valence-corrected chi connectivity index (χ0v) is 19.6. The molecule has 1 aliphatic rings. The van der Waals surface area contributed by atoms with Crippen molar-refractivity contribution in [3.05, 3.63) is 88.0 Å². The quantitative estimate of drug-likeness (QED) is 0.294. The summed E-state index contributed by atoms with van der Waals surface area (Å²) >= 11 is 0. The molecule has 3 nitrogen and oxygen atoms in total. The van der Waals surface area contributed by atoms with Crippen LogP contribution in [-0.2, 0) is 22.3 Å². The summed E-state index contributed by atoms with van der Waals surface area (Å²) in [6.07, 6.45) is -6.07. The van der Waals surface area contributed by atoms with Crippen LogP contribution >= 0.6 is 0 Å². The number of rotatable bonds is 4. The first-order chi connectivity index (χ1) is 18.3. The molecular formula is C25H17F11O3. The highest BCUT2D eigenvalue weighted by Gasteiger charge is 2.38. The third-order valence-corrected chi connectivity index (χ3v) is 5.35. The van der Waals surface area contributed by atoms with E-state index in [9.17, 15) is 48.4 Å². The summed E-state index contributed by atoms with van der Waals surface area (Å²) < 4.78 is 152. The lowest BCUT2D eigenvalue weighted by Gasteiger charge is -2.27. The van der Waals surface area contributed by atoms with Gasteiger partial charge >= 0.3 is 6.18 Å². The normalized spacial score (nSPS) is 17.4. The van der Waals surface area contributed by atoms with Gasteiger partial charge in [-0.3, -0.25) is 4.94 Å². The van der Waals surface area contributed by atoms with Crippen LogP contribution in [-0.4, -0.2) is 13.2 Å². The highest BCUT2D eigenvalue weighted by Crippen LogP contribution is 2.36. The number of hydrogen-bond donors (Lipinski definition) is 0. The second-order valence-electron chi connectivity index (χ2n) is 8.35. The minimum absolute atomic E-state index is 0.103. The Morgan fingerprint density at radius 1 is 0.769 bits per heavy atom. The lowest BCUT2D eigenvalue weighted by molar-refractivity contribution is -0.202. The molecule has 212 valence electrons. The van der Waals surface area contributed by atoms with Crippen molar-refractivity contribution in [3.63, 3.8) is 0 Å². The highest BCUT2D eigenvalue weighted by atomic mass is 19.4. The maximum Gasteiger partial charge on any atom is 0.422 e. The van der Waals surface area contributed by atoms with E-state index in [0.29, 0.717) is 25.3 Å². The molecule has 0 spiro atoms. The summed E-state index contributed by atoms with van der Waals surface area (Å²) in [6, 6.07) is 3.61. The Bertz CT molecular complexity index is 1250. The number of benzene rings is 3. The molecule has 0 aromatic heterocycles. The van der Waals surface area contributed by atoms with E-state index in [1.807, 2.05) is 6.92 Å². The number of ether oxygens (including phenoxy) is 2. The molecule has 4 rings (SSSR count). The summed E-state index contributed by atoms with van der Waals surface area (Å²) in [7, 11) is 0. The molecule has 1 fully saturated rings. The van der Waals surface area contributed by atoms with E-state index in [0.717, 1.165) is 12.1 Å². The van der Waals surface area contributed by atoms with Gasteiger partial charge in [0.2, 0.25) is 0 Å². The lowest BCUT2D eigenvalue weighted by Crippen LogP contribution is -2.25. The summed E-state index contributed by atoms with van der Waals surface area (Å²) in [6.45, 7) is 1.33. The maximum absolute atomic E-state index is 14.4. The highest BCUT2D eigenvalue weighted by molar-refractivity contribution is 5.66. The average molecular weight is 574 g/mol. The summed E-state index contributed by atoms with van der Waals surface area (Å²) in [4.78, 5) is 2.90. The third kappa shape index (κ3) is 6.98. The van der Waals surface area contributed by atoms with Gasteiger partial charge in [0.05, 0.1) is 24.3 Å². The molecule has 14 heteroatoms. The van der Waals surface area contributed by atoms with E-state index in [2.05, 4.69) is 4.94 Å². The largest absolute Gasteiger partial charge is 0.422 e. The van der Waals surface area contributed by atoms with Crippen molar-refractivity contribution < 1.29 is 62.8 Å². The van der Waals surface area contributed by atoms with Gasteiger partial charge in [-0.25, -0.2) is 30.7 Å². The Labute approximate surface area is 213 Å². The van der Waals surface area contributed by atoms with Gasteiger partial charge in [0.1, 0.15) is 47.1 Å². The van der Waals surface area contributed by atoms with Crippen LogP contribution in [0.1, 0.15) is 29.9 Å². The number of halogens is 11. The Hall–Kier alpha value is -3.39. The molecule has 3 aromatic rings. The van der Waals surface area contributed by atoms with Crippen LogP contribution < -0.4 is 4.94 Å². The SMILES string of the molecule is CC1COC(c2cc(F)c(-c3cc(F)c(CF)c(F)c3)c(F)c2)OC1.FOc1cc(F)c(C(F)(F)F)c(F)c1. The van der Waals surface area contributed by atoms with Gasteiger partial charge in [-0.2, -0.15) is 13.2 Å². The standard InChI is InChI=1S/C18H15F5O2.C7H2F6O/c1-9-7-24-18(25-8-9)11-4-15(22)17(16(23)5-11)10-2-13(20)12(6-19)14(21)3-10;8-4-1-3(14-13)2-5(9)6(4)7(10,11)12/h2-5,9,18H,6-8H2,1H3;1-2H. The van der Waals surface area contributed by atoms with E-state index in [4.69, 9.17) is 9.47 Å². The molecule has 0 saturated carbocycles. The predicted octanol–water partition coefficient (Wildman–Crippen LogP) is 8.31. The van der Waals surface area contributed by atoms with Crippen molar-refractivity contribution in [2.75, 3.05) is 13.2 Å². The van der Waals surface area contributed by atoms with Gasteiger partial charge in [0.15, 0.2) is 12.0 Å². The van der Waals surface area contributed by atoms with Crippen molar-refractivity contribution >= 4 is 0 Å². The zero-order chi connectivity index (χ0) is 29.1. The summed E-state index contributed by atoms with van der Waals surface area (Å²) in [5.41, 5.74) is -3.67. The summed E-state index contributed by atoms with van der Waals surface area (Å²) in [5.74, 6) is -9.09. The van der Waals surface area contributed by atoms with Crippen LogP contribution in [0, 0.1) is 40.8 Å². The van der Waals surface area contributed by atoms with Crippen LogP contribution in [0.5, 0.6) is 5.75 Å². The molecule has 1 saturated heterocycles. The molecule has 39 heavy (non-hydrogen) atoms. The molecule has 0 N–H and O–H groups in total. The third-order valence-electron chi connectivity index (χ3n) is 5.35. The second-order valence-corrected chi connectivity index (χ2v) is 8.35. The van der Waals surface area contributed by atoms with Gasteiger partial charge in [-0.05, 0) is 29.8 Å². The average Bonchev–Trinajstić information content (AvgIpc) is 2.83. The number of alkyl halides is 4. The molecule has 0 amide bonds. The van der Waals surface area contributed by atoms with Crippen molar-refractivity contribution in [1.82, 2.24) is 0 Å². The molecule has 0 bridgehead atoms. The smallest absolute Gasteiger partial charge is 0.348 e. The molecule has 1 aliphatic heterocycles. The van der Waals surface area contributed by atoms with Crippen molar-refractivity contribution in [3.8, 4) is 16.9 Å². The minimum Gasteiger partial charge on any atom is -0.348 e. The van der Waals surface area contributed by atoms with Gasteiger partial charge < -0.3 is 9.47 Å². The van der Waals surface area contributed by atoms with Gasteiger partial charge in [0.25, 0.3) is 0 Å². The van der Waals surface area contributed by atoms with E-state index >= 15 is 0 Å². The molecule has 0 radical (unpaired) electrons. The van der Waals surface area contributed by atoms with Crippen LogP contribution in [0.25, 0.3) is 11.1 Å². The fourth-order valence-corrected chi connectivity index (χ4v) is 3.54. The van der Waals surface area contributed by atoms with Crippen LogP contribution in [0.2, 0.25) is 0 Å². The first-order valence-corrected chi connectivity index (χ1v) is 10.9. The zero-order valence-electron chi connectivity index (χ0n) is 19.6. The Morgan fingerprint density at radius 3 is 1.67 bits per heavy atom. The fourth-order valence-electron chi connectivity index (χ4n) is 3.54. The van der Waals surface area contributed by atoms with Crippen molar-refractivity contribution in [1.29, 1.82) is 0 Å². The lowest BCUT2D eigenvalue weighted by atomic mass is 10.00. The minimum atomic E-state index is -5.16. The number of hydrogen-bond acceptors (Lipinski definition) is 3. The molecular weight excluding hydrogens is 557 g/mol. The topological polar surface area (TPSA) is 27.7 Å². The predicted molar refractivity (Wildman–Crippen MR) is 113 cm³/mol. The van der Waals surface area contributed by atoms with Crippen LogP contribution in [0.15, 0.2) is 36.4 Å². The molecule has 0 unspecified atom stereocenters. The van der Waals surface area contributed by atoms with E-state index < -0.39 is 76.5 Å². The first-order valence-electron chi connectivity index (χ1n) is 10.9. The fraction of sp³-hybridized carbons (Fsp3) is 0.280. The Kier molecular flexibility index (Phi) is 9.43. The molecule has 0 atom stereocenters. The van der Waals surface area contributed by atoms with Gasteiger partial charge in [0, 0.05) is 28.1 Å². The molecule has 1 heterocycles. The van der Waals surface area contributed by atoms with Crippen molar-refractivity contribution in [2.45, 2.75) is 26.1 Å². The van der Waals surface area contributed by atoms with Gasteiger partial charge in [-0.1, -0.05) is 6.92 Å². The van der Waals surface area contributed by atoms with E-state index in [-0.39, 0.29) is 29.2 Å². The van der Waals surface area contributed by atoms with E-state index in [1.54, 1.807) is 0 Å². The van der Waals surface area contributed by atoms with Crippen molar-refractivity contribution in [2.24, 2.45) is 5.92 Å². The van der Waals surface area contributed by atoms with Gasteiger partial charge in [-0.15, -0.1) is 0 Å². The maximum atomic E-state index is 14.4. The Morgan fingerprint density at radius 2 is 1.26 bits per heavy atom. The Balaban J connectivity index is 0.000000255. The monoisotopic (exact) mass is 574 g/mol.